The van der Waals surface area contributed by atoms with Gasteiger partial charge >= 0.3 is 0 Å². The smallest absolute Gasteiger partial charge is 0.116 e. The molecule has 2 N–H and O–H groups in total. The van der Waals surface area contributed by atoms with Crippen LogP contribution in [0.15, 0.2) is 60.8 Å². The van der Waals surface area contributed by atoms with Gasteiger partial charge in [0.15, 0.2) is 0 Å². The van der Waals surface area contributed by atoms with Gasteiger partial charge in [-0.25, -0.2) is 4.68 Å². The fourth-order valence-corrected chi connectivity index (χ4v) is 2.03. The van der Waals surface area contributed by atoms with E-state index in [2.05, 4.69) is 11.2 Å². The Hall–Kier alpha value is -3.06. The minimum absolute atomic E-state index is 0.610. The lowest BCUT2D eigenvalue weighted by Gasteiger charge is -2.00. The molecule has 0 aliphatic heterocycles. The van der Waals surface area contributed by atoms with Crippen LogP contribution < -0.4 is 5.73 Å². The summed E-state index contributed by atoms with van der Waals surface area (Å²) in [5.41, 5.74) is 9.84. The van der Waals surface area contributed by atoms with E-state index in [-0.39, 0.29) is 0 Å². The molecule has 0 bridgehead atoms. The van der Waals surface area contributed by atoms with Gasteiger partial charge in [-0.05, 0) is 24.3 Å². The van der Waals surface area contributed by atoms with Crippen LogP contribution in [0.4, 0.5) is 5.69 Å². The average molecular weight is 260 g/mol. The molecule has 0 aliphatic carbocycles. The second kappa shape index (κ2) is 4.90. The van der Waals surface area contributed by atoms with Crippen LogP contribution in [0.5, 0.6) is 0 Å². The van der Waals surface area contributed by atoms with Crippen LogP contribution in [0.2, 0.25) is 0 Å². The summed E-state index contributed by atoms with van der Waals surface area (Å²) in [7, 11) is 0. The molecule has 0 amide bonds. The van der Waals surface area contributed by atoms with Crippen LogP contribution in [0.3, 0.4) is 0 Å². The number of nitrogens with zero attached hydrogens (tertiary/aromatic N) is 3. The monoisotopic (exact) mass is 260 g/mol. The summed E-state index contributed by atoms with van der Waals surface area (Å²) >= 11 is 0. The lowest BCUT2D eigenvalue weighted by atomic mass is 10.1. The summed E-state index contributed by atoms with van der Waals surface area (Å²) in [4.78, 5) is 0. The molecule has 0 aliphatic rings. The van der Waals surface area contributed by atoms with Gasteiger partial charge in [-0.1, -0.05) is 30.3 Å². The standard InChI is InChI=1S/C16H12N4/c17-10-12-6-8-13(9-7-12)16-15(18)11-20(19-16)14-4-2-1-3-5-14/h1-9,11H,18H2. The number of hydrogen-bond acceptors (Lipinski definition) is 3. The fraction of sp³-hybridized carbons (Fsp3) is 0. The lowest BCUT2D eigenvalue weighted by Crippen LogP contribution is -1.94. The zero-order chi connectivity index (χ0) is 13.9. The first-order valence-corrected chi connectivity index (χ1v) is 6.19. The maximum Gasteiger partial charge on any atom is 0.116 e. The molecule has 2 aromatic carbocycles. The number of aromatic nitrogens is 2. The summed E-state index contributed by atoms with van der Waals surface area (Å²) in [5.74, 6) is 0. The van der Waals surface area contributed by atoms with E-state index in [1.54, 1.807) is 23.0 Å². The van der Waals surface area contributed by atoms with Crippen molar-refractivity contribution in [1.82, 2.24) is 9.78 Å². The zero-order valence-electron chi connectivity index (χ0n) is 10.7. The van der Waals surface area contributed by atoms with E-state index in [4.69, 9.17) is 11.0 Å². The van der Waals surface area contributed by atoms with Crippen molar-refractivity contribution in [2.24, 2.45) is 0 Å². The normalized spacial score (nSPS) is 10.2. The summed E-state index contributed by atoms with van der Waals surface area (Å²) in [5, 5.41) is 13.3. The molecule has 0 fully saturated rings. The minimum atomic E-state index is 0.610. The van der Waals surface area contributed by atoms with Crippen molar-refractivity contribution in [3.8, 4) is 23.0 Å². The second-order valence-corrected chi connectivity index (χ2v) is 4.40. The molecule has 4 heteroatoms. The van der Waals surface area contributed by atoms with Gasteiger partial charge in [0, 0.05) is 5.56 Å². The number of rotatable bonds is 2. The van der Waals surface area contributed by atoms with E-state index in [9.17, 15) is 0 Å². The molecule has 0 saturated carbocycles. The molecular weight excluding hydrogens is 248 g/mol. The Morgan fingerprint density at radius 3 is 2.35 bits per heavy atom. The quantitative estimate of drug-likeness (QED) is 0.770. The summed E-state index contributed by atoms with van der Waals surface area (Å²) in [6.45, 7) is 0. The van der Waals surface area contributed by atoms with Gasteiger partial charge in [0.25, 0.3) is 0 Å². The maximum absolute atomic E-state index is 8.81. The molecule has 0 radical (unpaired) electrons. The largest absolute Gasteiger partial charge is 0.396 e. The Morgan fingerprint density at radius 1 is 1.00 bits per heavy atom. The Balaban J connectivity index is 2.03. The number of nitriles is 1. The number of nitrogen functional groups attached to an aromatic ring is 1. The SMILES string of the molecule is N#Cc1ccc(-c2nn(-c3ccccc3)cc2N)cc1. The second-order valence-electron chi connectivity index (χ2n) is 4.40. The number of hydrogen-bond donors (Lipinski definition) is 1. The van der Waals surface area contributed by atoms with Gasteiger partial charge in [-0.3, -0.25) is 0 Å². The van der Waals surface area contributed by atoms with Crippen molar-refractivity contribution < 1.29 is 0 Å². The summed E-state index contributed by atoms with van der Waals surface area (Å²) in [6.07, 6.45) is 1.79. The first-order valence-electron chi connectivity index (χ1n) is 6.19. The molecule has 0 spiro atoms. The topological polar surface area (TPSA) is 67.6 Å². The number of benzene rings is 2. The van der Waals surface area contributed by atoms with Crippen LogP contribution in [0, 0.1) is 11.3 Å². The highest BCUT2D eigenvalue weighted by atomic mass is 15.3. The third-order valence-electron chi connectivity index (χ3n) is 3.05. The first-order chi connectivity index (χ1) is 9.78. The highest BCUT2D eigenvalue weighted by Crippen LogP contribution is 2.25. The Morgan fingerprint density at radius 2 is 1.70 bits per heavy atom. The van der Waals surface area contributed by atoms with Gasteiger partial charge in [0.05, 0.1) is 29.2 Å². The van der Waals surface area contributed by atoms with Gasteiger partial charge in [-0.15, -0.1) is 0 Å². The van der Waals surface area contributed by atoms with Gasteiger partial charge in [0.2, 0.25) is 0 Å². The number of nitrogens with two attached hydrogens (primary N) is 1. The molecule has 0 atom stereocenters. The molecule has 3 rings (SSSR count). The highest BCUT2D eigenvalue weighted by Gasteiger charge is 2.09. The summed E-state index contributed by atoms with van der Waals surface area (Å²) in [6, 6.07) is 19.1. The molecule has 96 valence electrons. The molecule has 0 unspecified atom stereocenters. The molecule has 3 aromatic rings. The van der Waals surface area contributed by atoms with E-state index in [1.165, 1.54) is 0 Å². The van der Waals surface area contributed by atoms with Crippen LogP contribution in [-0.4, -0.2) is 9.78 Å². The molecule has 0 saturated heterocycles. The third kappa shape index (κ3) is 2.13. The van der Waals surface area contributed by atoms with E-state index < -0.39 is 0 Å². The van der Waals surface area contributed by atoms with Crippen molar-refractivity contribution >= 4 is 5.69 Å². The van der Waals surface area contributed by atoms with Crippen LogP contribution >= 0.6 is 0 Å². The molecule has 1 aromatic heterocycles. The van der Waals surface area contributed by atoms with E-state index in [0.29, 0.717) is 11.3 Å². The van der Waals surface area contributed by atoms with Crippen LogP contribution in [0.1, 0.15) is 5.56 Å². The molecule has 4 nitrogen and oxygen atoms in total. The molecule has 1 heterocycles. The number of anilines is 1. The Bertz CT molecular complexity index is 764. The Labute approximate surface area is 116 Å². The van der Waals surface area contributed by atoms with Crippen molar-refractivity contribution in [2.45, 2.75) is 0 Å². The molecule has 20 heavy (non-hydrogen) atoms. The minimum Gasteiger partial charge on any atom is -0.396 e. The van der Waals surface area contributed by atoms with Gasteiger partial charge < -0.3 is 5.73 Å². The fourth-order valence-electron chi connectivity index (χ4n) is 2.03. The van der Waals surface area contributed by atoms with Crippen molar-refractivity contribution in [1.29, 1.82) is 5.26 Å². The van der Waals surface area contributed by atoms with Crippen molar-refractivity contribution in [3.63, 3.8) is 0 Å². The van der Waals surface area contributed by atoms with Crippen molar-refractivity contribution in [2.75, 3.05) is 5.73 Å². The zero-order valence-corrected chi connectivity index (χ0v) is 10.7. The predicted molar refractivity (Wildman–Crippen MR) is 78.1 cm³/mol. The first kappa shape index (κ1) is 12.0. The average Bonchev–Trinajstić information content (AvgIpc) is 2.90. The predicted octanol–water partition coefficient (Wildman–Crippen LogP) is 2.99. The van der Waals surface area contributed by atoms with Crippen LogP contribution in [0.25, 0.3) is 16.9 Å². The van der Waals surface area contributed by atoms with E-state index >= 15 is 0 Å². The maximum atomic E-state index is 8.81. The van der Waals surface area contributed by atoms with E-state index in [1.807, 2.05) is 42.5 Å². The third-order valence-corrected chi connectivity index (χ3v) is 3.05. The van der Waals surface area contributed by atoms with E-state index in [0.717, 1.165) is 16.9 Å². The van der Waals surface area contributed by atoms with Crippen molar-refractivity contribution in [3.05, 3.63) is 66.4 Å². The van der Waals surface area contributed by atoms with Gasteiger partial charge in [0.1, 0.15) is 5.69 Å². The highest BCUT2D eigenvalue weighted by molar-refractivity contribution is 5.72. The van der Waals surface area contributed by atoms with Gasteiger partial charge in [-0.2, -0.15) is 10.4 Å². The Kier molecular flexibility index (Phi) is 2.94. The van der Waals surface area contributed by atoms with Crippen LogP contribution in [-0.2, 0) is 0 Å². The lowest BCUT2D eigenvalue weighted by molar-refractivity contribution is 0.884. The molecular formula is C16H12N4. The summed E-state index contributed by atoms with van der Waals surface area (Å²) < 4.78 is 1.75. The number of para-hydroxylation sites is 1.